The normalized spacial score (nSPS) is 11.1. The van der Waals surface area contributed by atoms with Crippen LogP contribution in [-0.2, 0) is 18.5 Å². The Bertz CT molecular complexity index is 1030. The smallest absolute Gasteiger partial charge is 0.251 e. The molecule has 0 saturated heterocycles. The molecule has 0 aromatic heterocycles. The second-order valence-electron chi connectivity index (χ2n) is 8.88. The third-order valence-electron chi connectivity index (χ3n) is 5.26. The molecule has 4 heteroatoms. The van der Waals surface area contributed by atoms with E-state index in [1.165, 1.54) is 11.1 Å². The molecule has 3 rings (SSSR count). The fraction of sp³-hybridized carbons (Fsp3) is 0.259. The minimum Gasteiger partial charge on any atom is -0.348 e. The van der Waals surface area contributed by atoms with Crippen molar-refractivity contribution >= 4 is 11.8 Å². The lowest BCUT2D eigenvalue weighted by atomic mass is 9.87. The number of rotatable bonds is 6. The summed E-state index contributed by atoms with van der Waals surface area (Å²) in [7, 11) is 0. The summed E-state index contributed by atoms with van der Waals surface area (Å²) in [6, 6.07) is 23.1. The summed E-state index contributed by atoms with van der Waals surface area (Å²) < 4.78 is 0. The predicted molar refractivity (Wildman–Crippen MR) is 125 cm³/mol. The summed E-state index contributed by atoms with van der Waals surface area (Å²) in [6.07, 6.45) is 0. The largest absolute Gasteiger partial charge is 0.348 e. The van der Waals surface area contributed by atoms with Gasteiger partial charge in [-0.05, 0) is 53.3 Å². The quantitative estimate of drug-likeness (QED) is 0.586. The highest BCUT2D eigenvalue weighted by Gasteiger charge is 2.14. The second-order valence-corrected chi connectivity index (χ2v) is 8.88. The molecule has 0 unspecified atom stereocenters. The summed E-state index contributed by atoms with van der Waals surface area (Å²) in [6.45, 7) is 9.38. The second kappa shape index (κ2) is 9.61. The van der Waals surface area contributed by atoms with Crippen LogP contribution in [0.1, 0.15) is 63.7 Å². The Morgan fingerprint density at radius 1 is 0.645 bits per heavy atom. The number of nitrogens with one attached hydrogen (secondary N) is 2. The molecule has 0 radical (unpaired) electrons. The highest BCUT2D eigenvalue weighted by atomic mass is 16.2. The zero-order valence-electron chi connectivity index (χ0n) is 18.7. The van der Waals surface area contributed by atoms with Gasteiger partial charge in [-0.2, -0.15) is 0 Å². The first-order valence-electron chi connectivity index (χ1n) is 10.5. The predicted octanol–water partition coefficient (Wildman–Crippen LogP) is 5.15. The van der Waals surface area contributed by atoms with Gasteiger partial charge < -0.3 is 10.6 Å². The molecule has 0 spiro atoms. The average Bonchev–Trinajstić information content (AvgIpc) is 2.76. The SMILES string of the molecule is Cc1ccc(CNC(=O)c2ccc(CNC(=O)c3ccc(C(C)(C)C)cc3)cc2)cc1. The minimum atomic E-state index is -0.116. The molecule has 160 valence electrons. The standard InChI is InChI=1S/C27H30N2O2/c1-19-5-7-20(8-6-19)17-28-25(30)22-11-9-21(10-12-22)18-29-26(31)23-13-15-24(16-14-23)27(2,3)4/h5-16H,17-18H2,1-4H3,(H,28,30)(H,29,31). The van der Waals surface area contributed by atoms with Gasteiger partial charge in [0, 0.05) is 24.2 Å². The molecule has 3 aromatic carbocycles. The Labute approximate surface area is 184 Å². The van der Waals surface area contributed by atoms with E-state index in [9.17, 15) is 9.59 Å². The van der Waals surface area contributed by atoms with Gasteiger partial charge in [-0.25, -0.2) is 0 Å². The van der Waals surface area contributed by atoms with Crippen molar-refractivity contribution in [1.29, 1.82) is 0 Å². The summed E-state index contributed by atoms with van der Waals surface area (Å²) in [5, 5.41) is 5.87. The Morgan fingerprint density at radius 2 is 1.03 bits per heavy atom. The Balaban J connectivity index is 1.51. The summed E-state index contributed by atoms with van der Waals surface area (Å²) in [4.78, 5) is 24.8. The molecule has 0 heterocycles. The van der Waals surface area contributed by atoms with Crippen LogP contribution in [0.3, 0.4) is 0 Å². The van der Waals surface area contributed by atoms with Crippen molar-refractivity contribution in [3.8, 4) is 0 Å². The van der Waals surface area contributed by atoms with Gasteiger partial charge in [0.05, 0.1) is 0 Å². The minimum absolute atomic E-state index is 0.0587. The lowest BCUT2D eigenvalue weighted by molar-refractivity contribution is 0.0941. The van der Waals surface area contributed by atoms with Crippen LogP contribution in [0, 0.1) is 6.92 Å². The maximum atomic E-state index is 12.4. The van der Waals surface area contributed by atoms with Crippen LogP contribution in [0.5, 0.6) is 0 Å². The maximum absolute atomic E-state index is 12.4. The number of amides is 2. The first-order chi connectivity index (χ1) is 14.7. The first kappa shape index (κ1) is 22.3. The van der Waals surface area contributed by atoms with Crippen LogP contribution < -0.4 is 10.6 Å². The van der Waals surface area contributed by atoms with E-state index < -0.39 is 0 Å². The van der Waals surface area contributed by atoms with E-state index >= 15 is 0 Å². The van der Waals surface area contributed by atoms with Gasteiger partial charge in [0.1, 0.15) is 0 Å². The van der Waals surface area contributed by atoms with Gasteiger partial charge in [0.15, 0.2) is 0 Å². The Morgan fingerprint density at radius 3 is 1.45 bits per heavy atom. The number of hydrogen-bond donors (Lipinski definition) is 2. The number of benzene rings is 3. The monoisotopic (exact) mass is 414 g/mol. The summed E-state index contributed by atoms with van der Waals surface area (Å²) in [5.74, 6) is -0.226. The number of carbonyl (C=O) groups excluding carboxylic acids is 2. The van der Waals surface area contributed by atoms with Crippen molar-refractivity contribution in [1.82, 2.24) is 10.6 Å². The number of carbonyl (C=O) groups is 2. The molecule has 0 aliphatic rings. The highest BCUT2D eigenvalue weighted by Crippen LogP contribution is 2.22. The molecule has 0 aliphatic carbocycles. The summed E-state index contributed by atoms with van der Waals surface area (Å²) in [5.41, 5.74) is 5.69. The molecular weight excluding hydrogens is 384 g/mol. The summed E-state index contributed by atoms with van der Waals surface area (Å²) >= 11 is 0. The third kappa shape index (κ3) is 6.29. The molecule has 0 aliphatic heterocycles. The van der Waals surface area contributed by atoms with Crippen molar-refractivity contribution in [3.63, 3.8) is 0 Å². The molecule has 0 atom stereocenters. The van der Waals surface area contributed by atoms with Crippen LogP contribution in [0.15, 0.2) is 72.8 Å². The van der Waals surface area contributed by atoms with Crippen LogP contribution in [0.2, 0.25) is 0 Å². The van der Waals surface area contributed by atoms with Crippen molar-refractivity contribution in [2.45, 2.75) is 46.2 Å². The van der Waals surface area contributed by atoms with Gasteiger partial charge in [-0.15, -0.1) is 0 Å². The van der Waals surface area contributed by atoms with Crippen molar-refractivity contribution in [3.05, 3.63) is 106 Å². The molecule has 4 nitrogen and oxygen atoms in total. The third-order valence-corrected chi connectivity index (χ3v) is 5.26. The van der Waals surface area contributed by atoms with Gasteiger partial charge in [0.2, 0.25) is 0 Å². The Kier molecular flexibility index (Phi) is 6.91. The lowest BCUT2D eigenvalue weighted by Gasteiger charge is -2.19. The van der Waals surface area contributed by atoms with Crippen LogP contribution >= 0.6 is 0 Å². The number of aryl methyl sites for hydroxylation is 1. The molecule has 31 heavy (non-hydrogen) atoms. The number of hydrogen-bond acceptors (Lipinski definition) is 2. The van der Waals surface area contributed by atoms with Gasteiger partial charge in [-0.3, -0.25) is 9.59 Å². The first-order valence-corrected chi connectivity index (χ1v) is 10.5. The van der Waals surface area contributed by atoms with Gasteiger partial charge in [-0.1, -0.05) is 74.9 Å². The molecule has 2 amide bonds. The van der Waals surface area contributed by atoms with Gasteiger partial charge >= 0.3 is 0 Å². The molecule has 3 aromatic rings. The van der Waals surface area contributed by atoms with E-state index in [4.69, 9.17) is 0 Å². The van der Waals surface area contributed by atoms with E-state index in [-0.39, 0.29) is 17.2 Å². The molecule has 0 fully saturated rings. The van der Waals surface area contributed by atoms with Crippen LogP contribution in [-0.4, -0.2) is 11.8 Å². The highest BCUT2D eigenvalue weighted by molar-refractivity contribution is 5.95. The van der Waals surface area contributed by atoms with Crippen molar-refractivity contribution < 1.29 is 9.59 Å². The van der Waals surface area contributed by atoms with E-state index in [0.717, 1.165) is 11.1 Å². The van der Waals surface area contributed by atoms with Crippen molar-refractivity contribution in [2.75, 3.05) is 0 Å². The average molecular weight is 415 g/mol. The lowest BCUT2D eigenvalue weighted by Crippen LogP contribution is -2.24. The fourth-order valence-corrected chi connectivity index (χ4v) is 3.17. The van der Waals surface area contributed by atoms with Gasteiger partial charge in [0.25, 0.3) is 11.8 Å². The van der Waals surface area contributed by atoms with E-state index in [1.54, 1.807) is 12.1 Å². The molecule has 0 saturated carbocycles. The molecule has 0 bridgehead atoms. The van der Waals surface area contributed by atoms with E-state index in [2.05, 4.69) is 31.4 Å². The van der Waals surface area contributed by atoms with Crippen LogP contribution in [0.25, 0.3) is 0 Å². The molecule has 2 N–H and O–H groups in total. The van der Waals surface area contributed by atoms with Crippen LogP contribution in [0.4, 0.5) is 0 Å². The zero-order valence-corrected chi connectivity index (χ0v) is 18.7. The zero-order chi connectivity index (χ0) is 22.4. The maximum Gasteiger partial charge on any atom is 0.251 e. The van der Waals surface area contributed by atoms with E-state index in [0.29, 0.717) is 24.2 Å². The topological polar surface area (TPSA) is 58.2 Å². The van der Waals surface area contributed by atoms with Crippen molar-refractivity contribution in [2.24, 2.45) is 0 Å². The van der Waals surface area contributed by atoms with E-state index in [1.807, 2.05) is 67.6 Å². The molecular formula is C27H30N2O2. The fourth-order valence-electron chi connectivity index (χ4n) is 3.17. The Hall–Kier alpha value is -3.40.